The molecular weight excluding hydrogens is 190 g/mol. The second kappa shape index (κ2) is 3.05. The highest BCUT2D eigenvalue weighted by atomic mass is 15.0. The van der Waals surface area contributed by atoms with Crippen LogP contribution >= 0.6 is 0 Å². The number of hydrogen-bond donors (Lipinski definition) is 2. The number of aryl methyl sites for hydroxylation is 1. The fourth-order valence-corrected chi connectivity index (χ4v) is 1.98. The topological polar surface area (TPSA) is 76.7 Å². The van der Waals surface area contributed by atoms with E-state index in [1.165, 1.54) is 11.9 Å². The fraction of sp³-hybridized carbons (Fsp3) is 0.300. The number of aromatic nitrogens is 3. The number of pyridine rings is 1. The molecule has 0 aromatic carbocycles. The number of anilines is 2. The molecule has 1 aliphatic rings. The van der Waals surface area contributed by atoms with Gasteiger partial charge in [-0.2, -0.15) is 0 Å². The Balaban J connectivity index is 2.39. The van der Waals surface area contributed by atoms with Gasteiger partial charge in [0.05, 0.1) is 11.1 Å². The minimum Gasteiger partial charge on any atom is -0.384 e. The van der Waals surface area contributed by atoms with Gasteiger partial charge in [-0.25, -0.2) is 15.0 Å². The Morgan fingerprint density at radius 1 is 1.27 bits per heavy atom. The van der Waals surface area contributed by atoms with E-state index in [0.717, 1.165) is 30.5 Å². The second-order valence-electron chi connectivity index (χ2n) is 3.65. The zero-order valence-corrected chi connectivity index (χ0v) is 8.20. The van der Waals surface area contributed by atoms with Gasteiger partial charge in [0, 0.05) is 12.7 Å². The van der Waals surface area contributed by atoms with E-state index in [0.29, 0.717) is 11.5 Å². The van der Waals surface area contributed by atoms with Crippen LogP contribution in [0.15, 0.2) is 12.5 Å². The van der Waals surface area contributed by atoms with Gasteiger partial charge in [0.25, 0.3) is 0 Å². The van der Waals surface area contributed by atoms with E-state index in [-0.39, 0.29) is 0 Å². The third-order valence-corrected chi connectivity index (χ3v) is 2.70. The van der Waals surface area contributed by atoms with Crippen molar-refractivity contribution in [2.24, 2.45) is 0 Å². The SMILES string of the molecule is Nc1ncnc2ncc3c(c12)NCCC3. The zero-order chi connectivity index (χ0) is 10.3. The predicted molar refractivity (Wildman–Crippen MR) is 58.6 cm³/mol. The maximum absolute atomic E-state index is 5.85. The summed E-state index contributed by atoms with van der Waals surface area (Å²) in [7, 11) is 0. The smallest absolute Gasteiger partial charge is 0.166 e. The molecule has 0 saturated heterocycles. The van der Waals surface area contributed by atoms with Crippen LogP contribution in [-0.4, -0.2) is 21.5 Å². The molecule has 0 amide bonds. The van der Waals surface area contributed by atoms with Crippen molar-refractivity contribution in [2.45, 2.75) is 12.8 Å². The molecule has 0 unspecified atom stereocenters. The maximum Gasteiger partial charge on any atom is 0.166 e. The van der Waals surface area contributed by atoms with Crippen LogP contribution in [0.3, 0.4) is 0 Å². The molecule has 76 valence electrons. The van der Waals surface area contributed by atoms with E-state index < -0.39 is 0 Å². The van der Waals surface area contributed by atoms with E-state index in [2.05, 4.69) is 20.3 Å². The molecule has 5 nitrogen and oxygen atoms in total. The third kappa shape index (κ3) is 1.20. The Morgan fingerprint density at radius 3 is 3.13 bits per heavy atom. The number of fused-ring (bicyclic) bond motifs is 3. The molecule has 3 heterocycles. The average molecular weight is 201 g/mol. The molecule has 0 atom stereocenters. The van der Waals surface area contributed by atoms with Crippen LogP contribution < -0.4 is 11.1 Å². The molecule has 15 heavy (non-hydrogen) atoms. The van der Waals surface area contributed by atoms with Crippen molar-refractivity contribution in [3.8, 4) is 0 Å². The van der Waals surface area contributed by atoms with Crippen LogP contribution in [0.1, 0.15) is 12.0 Å². The van der Waals surface area contributed by atoms with Gasteiger partial charge in [-0.1, -0.05) is 0 Å². The van der Waals surface area contributed by atoms with Crippen molar-refractivity contribution in [1.29, 1.82) is 0 Å². The van der Waals surface area contributed by atoms with E-state index in [9.17, 15) is 0 Å². The van der Waals surface area contributed by atoms with Crippen molar-refractivity contribution < 1.29 is 0 Å². The standard InChI is InChI=1S/C10H11N5/c11-9-7-8-6(2-1-3-12-8)4-13-10(7)15-5-14-9/h4-5,12H,1-3H2,(H2,11,13,14,15). The van der Waals surface area contributed by atoms with E-state index in [1.807, 2.05) is 6.20 Å². The lowest BCUT2D eigenvalue weighted by atomic mass is 10.0. The zero-order valence-electron chi connectivity index (χ0n) is 8.20. The Hall–Kier alpha value is -1.91. The number of hydrogen-bond acceptors (Lipinski definition) is 5. The summed E-state index contributed by atoms with van der Waals surface area (Å²) in [4.78, 5) is 12.4. The highest BCUT2D eigenvalue weighted by molar-refractivity contribution is 5.98. The molecule has 3 N–H and O–H groups in total. The first-order chi connectivity index (χ1) is 7.36. The number of nitrogens with one attached hydrogen (secondary N) is 1. The van der Waals surface area contributed by atoms with Gasteiger partial charge in [-0.3, -0.25) is 0 Å². The van der Waals surface area contributed by atoms with Crippen LogP contribution in [0.2, 0.25) is 0 Å². The molecule has 5 heteroatoms. The number of nitrogens with two attached hydrogens (primary N) is 1. The summed E-state index contributed by atoms with van der Waals surface area (Å²) in [5.41, 5.74) is 8.78. The van der Waals surface area contributed by atoms with Crippen LogP contribution in [0.25, 0.3) is 11.0 Å². The highest BCUT2D eigenvalue weighted by Crippen LogP contribution is 2.30. The average Bonchev–Trinajstić information content (AvgIpc) is 2.29. The molecule has 0 radical (unpaired) electrons. The summed E-state index contributed by atoms with van der Waals surface area (Å²) in [6.07, 6.45) is 5.49. The fourth-order valence-electron chi connectivity index (χ4n) is 1.98. The largest absolute Gasteiger partial charge is 0.384 e. The first-order valence-corrected chi connectivity index (χ1v) is 4.98. The van der Waals surface area contributed by atoms with Gasteiger partial charge in [0.1, 0.15) is 12.1 Å². The van der Waals surface area contributed by atoms with Gasteiger partial charge < -0.3 is 11.1 Å². The molecule has 3 rings (SSSR count). The molecule has 1 aliphatic heterocycles. The lowest BCUT2D eigenvalue weighted by molar-refractivity contribution is 0.828. The lowest BCUT2D eigenvalue weighted by Gasteiger charge is -2.19. The summed E-state index contributed by atoms with van der Waals surface area (Å²) in [6.45, 7) is 0.973. The highest BCUT2D eigenvalue weighted by Gasteiger charge is 2.15. The Bertz CT molecular complexity index is 522. The van der Waals surface area contributed by atoms with Crippen molar-refractivity contribution in [3.05, 3.63) is 18.1 Å². The summed E-state index contributed by atoms with van der Waals surface area (Å²) in [5.74, 6) is 0.499. The maximum atomic E-state index is 5.85. The Morgan fingerprint density at radius 2 is 2.20 bits per heavy atom. The summed E-state index contributed by atoms with van der Waals surface area (Å²) in [6, 6.07) is 0. The first-order valence-electron chi connectivity index (χ1n) is 4.98. The van der Waals surface area contributed by atoms with Gasteiger partial charge in [0.15, 0.2) is 5.65 Å². The van der Waals surface area contributed by atoms with Crippen LogP contribution in [-0.2, 0) is 6.42 Å². The third-order valence-electron chi connectivity index (χ3n) is 2.70. The second-order valence-corrected chi connectivity index (χ2v) is 3.65. The number of nitrogens with zero attached hydrogens (tertiary/aromatic N) is 3. The monoisotopic (exact) mass is 201 g/mol. The molecule has 0 saturated carbocycles. The quantitative estimate of drug-likeness (QED) is 0.664. The van der Waals surface area contributed by atoms with Gasteiger partial charge in [-0.05, 0) is 18.4 Å². The van der Waals surface area contributed by atoms with E-state index in [4.69, 9.17) is 5.73 Å². The number of rotatable bonds is 0. The van der Waals surface area contributed by atoms with Gasteiger partial charge >= 0.3 is 0 Å². The molecule has 2 aromatic rings. The van der Waals surface area contributed by atoms with Crippen molar-refractivity contribution in [2.75, 3.05) is 17.6 Å². The Labute approximate surface area is 86.8 Å². The normalized spacial score (nSPS) is 14.7. The number of nitrogen functional groups attached to an aromatic ring is 1. The summed E-state index contributed by atoms with van der Waals surface area (Å²) >= 11 is 0. The summed E-state index contributed by atoms with van der Waals surface area (Å²) in [5, 5.41) is 4.20. The van der Waals surface area contributed by atoms with Crippen LogP contribution in [0.4, 0.5) is 11.5 Å². The molecule has 2 aromatic heterocycles. The van der Waals surface area contributed by atoms with E-state index >= 15 is 0 Å². The van der Waals surface area contributed by atoms with Crippen LogP contribution in [0, 0.1) is 0 Å². The Kier molecular flexibility index (Phi) is 1.71. The lowest BCUT2D eigenvalue weighted by Crippen LogP contribution is -2.13. The van der Waals surface area contributed by atoms with Crippen molar-refractivity contribution in [3.63, 3.8) is 0 Å². The van der Waals surface area contributed by atoms with Crippen molar-refractivity contribution in [1.82, 2.24) is 15.0 Å². The molecule has 0 aliphatic carbocycles. The van der Waals surface area contributed by atoms with Gasteiger partial charge in [-0.15, -0.1) is 0 Å². The van der Waals surface area contributed by atoms with E-state index in [1.54, 1.807) is 0 Å². The van der Waals surface area contributed by atoms with Crippen molar-refractivity contribution >= 4 is 22.5 Å². The first kappa shape index (κ1) is 8.40. The summed E-state index contributed by atoms with van der Waals surface area (Å²) < 4.78 is 0. The predicted octanol–water partition coefficient (Wildman–Crippen LogP) is 0.965. The minimum absolute atomic E-state index is 0.499. The van der Waals surface area contributed by atoms with Crippen LogP contribution in [0.5, 0.6) is 0 Å². The molecule has 0 fully saturated rings. The molecular formula is C10H11N5. The molecule has 0 spiro atoms. The molecule has 0 bridgehead atoms. The van der Waals surface area contributed by atoms with Gasteiger partial charge in [0.2, 0.25) is 0 Å². The minimum atomic E-state index is 0.499.